The van der Waals surface area contributed by atoms with E-state index in [0.717, 1.165) is 42.3 Å². The third-order valence-corrected chi connectivity index (χ3v) is 4.83. The van der Waals surface area contributed by atoms with Crippen molar-refractivity contribution in [2.24, 2.45) is 5.92 Å². The Kier molecular flexibility index (Phi) is 4.47. The maximum Gasteiger partial charge on any atom is 0.251 e. The molecule has 1 saturated heterocycles. The third kappa shape index (κ3) is 3.75. The van der Waals surface area contributed by atoms with E-state index in [1.807, 2.05) is 29.2 Å². The van der Waals surface area contributed by atoms with E-state index in [9.17, 15) is 9.59 Å². The first-order valence-corrected chi connectivity index (χ1v) is 8.56. The molecule has 2 amide bonds. The van der Waals surface area contributed by atoms with Crippen molar-refractivity contribution in [3.05, 3.63) is 33.4 Å². The van der Waals surface area contributed by atoms with Gasteiger partial charge in [0.1, 0.15) is 0 Å². The number of benzene rings is 1. The van der Waals surface area contributed by atoms with Crippen LogP contribution in [0.15, 0.2) is 24.3 Å². The lowest BCUT2D eigenvalue weighted by molar-refractivity contribution is -0.133. The first kappa shape index (κ1) is 14.8. The van der Waals surface area contributed by atoms with Crippen molar-refractivity contribution < 1.29 is 9.59 Å². The fourth-order valence-corrected chi connectivity index (χ4v) is 3.27. The second-order valence-electron chi connectivity index (χ2n) is 5.86. The molecule has 2 fully saturated rings. The van der Waals surface area contributed by atoms with Gasteiger partial charge in [0.15, 0.2) is 0 Å². The summed E-state index contributed by atoms with van der Waals surface area (Å²) >= 11 is 2.21. The zero-order chi connectivity index (χ0) is 14.8. The molecule has 1 aromatic rings. The average Bonchev–Trinajstić information content (AvgIpc) is 3.32. The minimum absolute atomic E-state index is 0.0134. The zero-order valence-electron chi connectivity index (χ0n) is 11.8. The van der Waals surface area contributed by atoms with Gasteiger partial charge in [-0.25, -0.2) is 0 Å². The predicted molar refractivity (Wildman–Crippen MR) is 89.0 cm³/mol. The van der Waals surface area contributed by atoms with Crippen LogP contribution in [0.4, 0.5) is 0 Å². The topological polar surface area (TPSA) is 49.4 Å². The van der Waals surface area contributed by atoms with Crippen LogP contribution in [0.3, 0.4) is 0 Å². The van der Waals surface area contributed by atoms with Crippen LogP contribution in [0.1, 0.15) is 36.0 Å². The summed E-state index contributed by atoms with van der Waals surface area (Å²) in [4.78, 5) is 26.2. The number of hydrogen-bond acceptors (Lipinski definition) is 2. The van der Waals surface area contributed by atoms with Gasteiger partial charge in [0.2, 0.25) is 5.91 Å². The summed E-state index contributed by atoms with van der Waals surface area (Å²) in [5, 5.41) is 3.09. The molecular weight excluding hydrogens is 379 g/mol. The summed E-state index contributed by atoms with van der Waals surface area (Å²) in [5.41, 5.74) is 0.707. The molecule has 112 valence electrons. The molecule has 3 rings (SSSR count). The standard InChI is InChI=1S/C16H19IN2O2/c17-13-3-1-2-12(10-13)15(20)18-14-6-8-19(9-7-14)16(21)11-4-5-11/h1-3,10-11,14H,4-9H2,(H,18,20). The molecule has 0 atom stereocenters. The van der Waals surface area contributed by atoms with Crippen molar-refractivity contribution in [2.75, 3.05) is 13.1 Å². The molecule has 1 N–H and O–H groups in total. The molecule has 0 aromatic heterocycles. The number of carbonyl (C=O) groups excluding carboxylic acids is 2. The normalized spacial score (nSPS) is 19.4. The van der Waals surface area contributed by atoms with Crippen LogP contribution in [0, 0.1) is 9.49 Å². The monoisotopic (exact) mass is 398 g/mol. The highest BCUT2D eigenvalue weighted by Gasteiger charge is 2.35. The zero-order valence-corrected chi connectivity index (χ0v) is 14.0. The maximum atomic E-state index is 12.2. The summed E-state index contributed by atoms with van der Waals surface area (Å²) in [6, 6.07) is 7.77. The number of nitrogens with one attached hydrogen (secondary N) is 1. The van der Waals surface area contributed by atoms with Crippen molar-refractivity contribution in [2.45, 2.75) is 31.7 Å². The van der Waals surface area contributed by atoms with Crippen molar-refractivity contribution in [3.63, 3.8) is 0 Å². The first-order chi connectivity index (χ1) is 10.1. The van der Waals surface area contributed by atoms with Gasteiger partial charge in [-0.15, -0.1) is 0 Å². The Bertz CT molecular complexity index is 549. The van der Waals surface area contributed by atoms with Gasteiger partial charge < -0.3 is 10.2 Å². The number of hydrogen-bond donors (Lipinski definition) is 1. The van der Waals surface area contributed by atoms with Gasteiger partial charge in [-0.2, -0.15) is 0 Å². The quantitative estimate of drug-likeness (QED) is 0.796. The van der Waals surface area contributed by atoms with E-state index >= 15 is 0 Å². The van der Waals surface area contributed by atoms with Gasteiger partial charge in [0.25, 0.3) is 5.91 Å². The molecule has 5 heteroatoms. The molecule has 1 aromatic carbocycles. The molecule has 21 heavy (non-hydrogen) atoms. The molecule has 1 saturated carbocycles. The van der Waals surface area contributed by atoms with Crippen LogP contribution in [-0.2, 0) is 4.79 Å². The fourth-order valence-electron chi connectivity index (χ4n) is 2.73. The molecule has 0 radical (unpaired) electrons. The molecule has 1 aliphatic heterocycles. The van der Waals surface area contributed by atoms with Crippen LogP contribution >= 0.6 is 22.6 Å². The van der Waals surface area contributed by atoms with E-state index in [1.54, 1.807) is 0 Å². The maximum absolute atomic E-state index is 12.2. The van der Waals surface area contributed by atoms with Crippen LogP contribution < -0.4 is 5.32 Å². The van der Waals surface area contributed by atoms with Gasteiger partial charge in [0.05, 0.1) is 0 Å². The largest absolute Gasteiger partial charge is 0.349 e. The Labute approximate surface area is 138 Å². The van der Waals surface area contributed by atoms with Gasteiger partial charge in [-0.3, -0.25) is 9.59 Å². The second kappa shape index (κ2) is 6.34. The van der Waals surface area contributed by atoms with Crippen molar-refractivity contribution >= 4 is 34.4 Å². The highest BCUT2D eigenvalue weighted by atomic mass is 127. The molecule has 0 bridgehead atoms. The Morgan fingerprint density at radius 3 is 2.48 bits per heavy atom. The number of rotatable bonds is 3. The summed E-state index contributed by atoms with van der Waals surface area (Å²) in [7, 11) is 0. The molecule has 1 heterocycles. The lowest BCUT2D eigenvalue weighted by Crippen LogP contribution is -2.47. The van der Waals surface area contributed by atoms with Crippen molar-refractivity contribution in [3.8, 4) is 0 Å². The van der Waals surface area contributed by atoms with Crippen LogP contribution in [-0.4, -0.2) is 35.8 Å². The van der Waals surface area contributed by atoms with Crippen molar-refractivity contribution in [1.82, 2.24) is 10.2 Å². The van der Waals surface area contributed by atoms with Gasteiger partial charge in [-0.1, -0.05) is 6.07 Å². The molecule has 0 spiro atoms. The van der Waals surface area contributed by atoms with Crippen LogP contribution in [0.25, 0.3) is 0 Å². The summed E-state index contributed by atoms with van der Waals surface area (Å²) < 4.78 is 1.06. The Hall–Kier alpha value is -1.11. The molecule has 4 nitrogen and oxygen atoms in total. The van der Waals surface area contributed by atoms with E-state index < -0.39 is 0 Å². The van der Waals surface area contributed by atoms with E-state index in [1.165, 1.54) is 0 Å². The van der Waals surface area contributed by atoms with Crippen LogP contribution in [0.5, 0.6) is 0 Å². The van der Waals surface area contributed by atoms with E-state index in [2.05, 4.69) is 27.9 Å². The number of likely N-dealkylation sites (tertiary alicyclic amines) is 1. The highest BCUT2D eigenvalue weighted by molar-refractivity contribution is 14.1. The summed E-state index contributed by atoms with van der Waals surface area (Å²) in [6.45, 7) is 1.54. The lowest BCUT2D eigenvalue weighted by atomic mass is 10.0. The lowest BCUT2D eigenvalue weighted by Gasteiger charge is -2.32. The van der Waals surface area contributed by atoms with E-state index in [-0.39, 0.29) is 11.9 Å². The first-order valence-electron chi connectivity index (χ1n) is 7.49. The smallest absolute Gasteiger partial charge is 0.251 e. The summed E-state index contributed by atoms with van der Waals surface area (Å²) in [6.07, 6.45) is 3.83. The van der Waals surface area contributed by atoms with Gasteiger partial charge in [-0.05, 0) is 66.5 Å². The third-order valence-electron chi connectivity index (χ3n) is 4.16. The fraction of sp³-hybridized carbons (Fsp3) is 0.500. The number of amides is 2. The minimum Gasteiger partial charge on any atom is -0.349 e. The Morgan fingerprint density at radius 2 is 1.86 bits per heavy atom. The Balaban J connectivity index is 1.50. The highest BCUT2D eigenvalue weighted by Crippen LogP contribution is 2.31. The number of halogens is 1. The number of piperidine rings is 1. The van der Waals surface area contributed by atoms with Crippen molar-refractivity contribution in [1.29, 1.82) is 0 Å². The SMILES string of the molecule is O=C(NC1CCN(C(=O)C2CC2)CC1)c1cccc(I)c1. The molecular formula is C16H19IN2O2. The number of carbonyl (C=O) groups is 2. The van der Waals surface area contributed by atoms with Gasteiger partial charge >= 0.3 is 0 Å². The summed E-state index contributed by atoms with van der Waals surface area (Å²) in [5.74, 6) is 0.598. The van der Waals surface area contributed by atoms with E-state index in [0.29, 0.717) is 17.4 Å². The van der Waals surface area contributed by atoms with E-state index in [4.69, 9.17) is 0 Å². The molecule has 2 aliphatic rings. The Morgan fingerprint density at radius 1 is 1.14 bits per heavy atom. The molecule has 0 unspecified atom stereocenters. The number of nitrogens with zero attached hydrogens (tertiary/aromatic N) is 1. The molecule has 1 aliphatic carbocycles. The van der Waals surface area contributed by atoms with Gasteiger partial charge in [0, 0.05) is 34.2 Å². The predicted octanol–water partition coefficient (Wildman–Crippen LogP) is 2.42. The minimum atomic E-state index is -0.0134. The van der Waals surface area contributed by atoms with Crippen LogP contribution in [0.2, 0.25) is 0 Å². The average molecular weight is 398 g/mol. The second-order valence-corrected chi connectivity index (χ2v) is 7.10.